The van der Waals surface area contributed by atoms with Crippen LogP contribution >= 0.6 is 0 Å². The molecule has 0 aromatic heterocycles. The fraction of sp³-hybridized carbons (Fsp3) is 0.926. The maximum Gasteiger partial charge on any atom is 1.00 e. The number of rotatable bonds is 7. The van der Waals surface area contributed by atoms with Crippen LogP contribution in [0.15, 0.2) is 11.8 Å². The van der Waals surface area contributed by atoms with Gasteiger partial charge in [-0.25, -0.2) is 8.42 Å². The van der Waals surface area contributed by atoms with Crippen molar-refractivity contribution in [3.63, 3.8) is 0 Å². The van der Waals surface area contributed by atoms with Gasteiger partial charge in [0.05, 0.1) is 0 Å². The Balaban J connectivity index is 0.00000400. The van der Waals surface area contributed by atoms with E-state index < -0.39 is 34.7 Å². The van der Waals surface area contributed by atoms with Crippen molar-refractivity contribution < 1.29 is 71.1 Å². The van der Waals surface area contributed by atoms with E-state index in [0.717, 1.165) is 37.5 Å². The molecule has 38 heavy (non-hydrogen) atoms. The Bertz CT molecular complexity index is 983. The normalized spacial score (nSPS) is 45.7. The van der Waals surface area contributed by atoms with Crippen LogP contribution in [0.1, 0.15) is 85.5 Å². The van der Waals surface area contributed by atoms with E-state index in [9.17, 15) is 23.2 Å². The average Bonchev–Trinajstić information content (AvgIpc) is 3.04. The van der Waals surface area contributed by atoms with Crippen molar-refractivity contribution in [1.29, 1.82) is 0 Å². The summed E-state index contributed by atoms with van der Waals surface area (Å²) in [6, 6.07) is 0. The molecule has 9 nitrogen and oxygen atoms in total. The summed E-state index contributed by atoms with van der Waals surface area (Å²) in [4.78, 5) is 0. The Morgan fingerprint density at radius 1 is 1.05 bits per heavy atom. The molecule has 0 aromatic rings. The van der Waals surface area contributed by atoms with Crippen molar-refractivity contribution in [3.8, 4) is 0 Å². The Kier molecular flexibility index (Phi) is 9.91. The van der Waals surface area contributed by atoms with Gasteiger partial charge in [0.15, 0.2) is 12.6 Å². The van der Waals surface area contributed by atoms with E-state index in [1.54, 1.807) is 0 Å². The van der Waals surface area contributed by atoms with Crippen LogP contribution in [-0.4, -0.2) is 61.7 Å². The minimum atomic E-state index is -4.89. The molecule has 4 aliphatic rings. The second kappa shape index (κ2) is 11.5. The van der Waals surface area contributed by atoms with E-state index in [1.165, 1.54) is 27.1 Å². The van der Waals surface area contributed by atoms with Gasteiger partial charge in [0.2, 0.25) is 0 Å². The molecule has 4 fully saturated rings. The smallest absolute Gasteiger partial charge is 0.716 e. The monoisotopic (exact) mass is 568 g/mol. The zero-order valence-electron chi connectivity index (χ0n) is 24.1. The molecule has 4 rings (SSSR count). The maximum absolute atomic E-state index is 11.5. The van der Waals surface area contributed by atoms with Crippen LogP contribution in [0.4, 0.5) is 0 Å². The van der Waals surface area contributed by atoms with Gasteiger partial charge >= 0.3 is 29.6 Å². The van der Waals surface area contributed by atoms with E-state index >= 15 is 0 Å². The first-order valence-electron chi connectivity index (χ1n) is 13.6. The third-order valence-corrected chi connectivity index (χ3v) is 11.2. The van der Waals surface area contributed by atoms with Crippen LogP contribution in [0.5, 0.6) is 0 Å². The largest absolute Gasteiger partial charge is 1.00 e. The number of ether oxygens (including phenoxy) is 3. The molecule has 0 radical (unpaired) electrons. The number of methoxy groups -OCH3 is 2. The number of allylic oxidation sites excluding steroid dienone is 1. The first-order chi connectivity index (χ1) is 17.1. The summed E-state index contributed by atoms with van der Waals surface area (Å²) in [6.07, 6.45) is 5.44. The molecule has 0 unspecified atom stereocenters. The SMILES string of the molecule is CO[C@@H]1O[C@H](OC)[C@](O)(CC[C@H]2/C(=C/OS(=O)(=O)[O-])CC[C@H]3[C@]2(C)CC[C@H]2C(C)(C)CCC[C@]32C)[C@H]1O.[Na+]. The first-order valence-corrected chi connectivity index (χ1v) is 14.9. The van der Waals surface area contributed by atoms with Crippen molar-refractivity contribution in [3.05, 3.63) is 11.8 Å². The average molecular weight is 569 g/mol. The zero-order valence-corrected chi connectivity index (χ0v) is 26.9. The molecule has 2 N–H and O–H groups in total. The van der Waals surface area contributed by atoms with Crippen LogP contribution in [0.3, 0.4) is 0 Å². The molecule has 3 aliphatic carbocycles. The Labute approximate surface area is 250 Å². The van der Waals surface area contributed by atoms with E-state index in [1.807, 2.05) is 0 Å². The summed E-state index contributed by atoms with van der Waals surface area (Å²) in [7, 11) is -2.09. The van der Waals surface area contributed by atoms with E-state index in [2.05, 4.69) is 31.9 Å². The second-order valence-electron chi connectivity index (χ2n) is 13.1. The van der Waals surface area contributed by atoms with Crippen molar-refractivity contribution in [2.24, 2.45) is 34.0 Å². The van der Waals surface area contributed by atoms with Gasteiger partial charge < -0.3 is 33.2 Å². The number of fused-ring (bicyclic) bond motifs is 3. The predicted molar refractivity (Wildman–Crippen MR) is 135 cm³/mol. The molecular weight excluding hydrogens is 523 g/mol. The van der Waals surface area contributed by atoms with Crippen molar-refractivity contribution in [2.45, 2.75) is 110 Å². The fourth-order valence-electron chi connectivity index (χ4n) is 9.22. The van der Waals surface area contributed by atoms with Gasteiger partial charge in [-0.2, -0.15) is 0 Å². The van der Waals surface area contributed by atoms with Crippen LogP contribution in [-0.2, 0) is 28.8 Å². The standard InChI is InChI=1S/C27H46O9S.Na/c1-24(2)12-7-13-26(4)19(24)11-14-25(3)18(17(8-9-20(25)26)16-35-37(30,31)32)10-15-27(29)21(28)22(33-5)36-23(27)34-6;/h16,18-23,28-29H,7-15H2,1-6H3,(H,30,31,32);/q;+1/p-1/b17-16+;/t18-,19-,20-,21-,22+,23-,25+,26-,27-;/m0./s1. The number of hydrogen-bond donors (Lipinski definition) is 2. The summed E-state index contributed by atoms with van der Waals surface area (Å²) >= 11 is 0. The molecule has 0 spiro atoms. The molecule has 11 heteroatoms. The van der Waals surface area contributed by atoms with Crippen molar-refractivity contribution in [1.82, 2.24) is 0 Å². The summed E-state index contributed by atoms with van der Waals surface area (Å²) < 4.78 is 54.8. The van der Waals surface area contributed by atoms with E-state index in [4.69, 9.17) is 14.2 Å². The minimum Gasteiger partial charge on any atom is -0.716 e. The van der Waals surface area contributed by atoms with Gasteiger partial charge in [-0.05, 0) is 90.9 Å². The number of aliphatic hydroxyl groups is 2. The van der Waals surface area contributed by atoms with E-state index in [-0.39, 0.29) is 58.1 Å². The molecule has 3 saturated carbocycles. The number of hydrogen-bond acceptors (Lipinski definition) is 9. The molecule has 0 bridgehead atoms. The van der Waals surface area contributed by atoms with Crippen LogP contribution in [0.2, 0.25) is 0 Å². The quantitative estimate of drug-likeness (QED) is 0.198. The summed E-state index contributed by atoms with van der Waals surface area (Å²) in [6.45, 7) is 9.51. The molecule has 1 heterocycles. The molecule has 0 amide bonds. The Hall–Kier alpha value is 0.250. The Morgan fingerprint density at radius 2 is 1.74 bits per heavy atom. The zero-order chi connectivity index (χ0) is 27.4. The van der Waals surface area contributed by atoms with Crippen LogP contribution < -0.4 is 29.6 Å². The molecular formula is C27H45NaO9S. The van der Waals surface area contributed by atoms with Gasteiger partial charge in [-0.3, -0.25) is 0 Å². The Morgan fingerprint density at radius 3 is 2.34 bits per heavy atom. The minimum absolute atomic E-state index is 0. The van der Waals surface area contributed by atoms with Crippen molar-refractivity contribution in [2.75, 3.05) is 14.2 Å². The van der Waals surface area contributed by atoms with Gasteiger partial charge in [0, 0.05) is 14.2 Å². The number of aliphatic hydroxyl groups excluding tert-OH is 1. The van der Waals surface area contributed by atoms with Gasteiger partial charge in [-0.1, -0.05) is 34.1 Å². The maximum atomic E-state index is 11.5. The van der Waals surface area contributed by atoms with E-state index in [0.29, 0.717) is 24.7 Å². The molecule has 1 aliphatic heterocycles. The molecule has 0 aromatic carbocycles. The molecule has 1 saturated heterocycles. The second-order valence-corrected chi connectivity index (χ2v) is 14.1. The van der Waals surface area contributed by atoms with Crippen molar-refractivity contribution >= 4 is 10.4 Å². The molecule has 9 atom stereocenters. The van der Waals surface area contributed by atoms with Gasteiger partial charge in [0.25, 0.3) is 10.4 Å². The summed E-state index contributed by atoms with van der Waals surface area (Å²) in [5.74, 6) is 0.852. The van der Waals surface area contributed by atoms with Crippen LogP contribution in [0.25, 0.3) is 0 Å². The predicted octanol–water partition coefficient (Wildman–Crippen LogP) is 0.857. The third kappa shape index (κ3) is 5.65. The van der Waals surface area contributed by atoms with Gasteiger partial charge in [-0.15, -0.1) is 0 Å². The first kappa shape index (κ1) is 32.8. The summed E-state index contributed by atoms with van der Waals surface area (Å²) in [5.41, 5.74) is -0.718. The third-order valence-electron chi connectivity index (χ3n) is 10.8. The van der Waals surface area contributed by atoms with Crippen LogP contribution in [0, 0.1) is 34.0 Å². The van der Waals surface area contributed by atoms with Gasteiger partial charge in [0.1, 0.15) is 18.0 Å². The molecule has 214 valence electrons. The topological polar surface area (TPSA) is 135 Å². The fourth-order valence-corrected chi connectivity index (χ4v) is 9.46. The summed E-state index contributed by atoms with van der Waals surface area (Å²) in [5, 5.41) is 22.3.